The summed E-state index contributed by atoms with van der Waals surface area (Å²) in [7, 11) is 0. The summed E-state index contributed by atoms with van der Waals surface area (Å²) in [5.41, 5.74) is 5.76. The van der Waals surface area contributed by atoms with E-state index in [-0.39, 0.29) is 17.6 Å². The van der Waals surface area contributed by atoms with E-state index in [4.69, 9.17) is 5.73 Å². The fourth-order valence-corrected chi connectivity index (χ4v) is 2.21. The molecule has 0 saturated carbocycles. The Labute approximate surface area is 126 Å². The molecule has 5 heteroatoms. The molecule has 1 atom stereocenters. The molecule has 0 heterocycles. The van der Waals surface area contributed by atoms with Gasteiger partial charge >= 0.3 is 0 Å². The van der Waals surface area contributed by atoms with Crippen molar-refractivity contribution in [2.24, 2.45) is 0 Å². The number of nitrogens with one attached hydrogen (secondary N) is 1. The number of rotatable bonds is 8. The molecule has 0 fully saturated rings. The molecule has 1 unspecified atom stereocenters. The first kappa shape index (κ1) is 17.4. The predicted octanol–water partition coefficient (Wildman–Crippen LogP) is 2.65. The van der Waals surface area contributed by atoms with E-state index in [1.807, 2.05) is 6.92 Å². The van der Waals surface area contributed by atoms with E-state index in [2.05, 4.69) is 24.1 Å². The van der Waals surface area contributed by atoms with Crippen molar-refractivity contribution in [1.29, 1.82) is 0 Å². The van der Waals surface area contributed by atoms with E-state index in [1.54, 1.807) is 0 Å². The predicted molar refractivity (Wildman–Crippen MR) is 84.8 cm³/mol. The van der Waals surface area contributed by atoms with E-state index < -0.39 is 5.82 Å². The summed E-state index contributed by atoms with van der Waals surface area (Å²) in [5.74, 6) is -0.818. The summed E-state index contributed by atoms with van der Waals surface area (Å²) >= 11 is 0. The zero-order chi connectivity index (χ0) is 15.8. The van der Waals surface area contributed by atoms with Gasteiger partial charge in [0.05, 0.1) is 5.69 Å². The molecule has 0 aromatic heterocycles. The van der Waals surface area contributed by atoms with E-state index >= 15 is 0 Å². The molecule has 1 aromatic rings. The number of hydrogen-bond acceptors (Lipinski definition) is 3. The van der Waals surface area contributed by atoms with Crippen LogP contribution in [-0.4, -0.2) is 36.5 Å². The van der Waals surface area contributed by atoms with Crippen molar-refractivity contribution in [1.82, 2.24) is 10.2 Å². The fraction of sp³-hybridized carbons (Fsp3) is 0.562. The Morgan fingerprint density at radius 1 is 1.38 bits per heavy atom. The number of carbonyl (C=O) groups excluding carboxylic acids is 1. The molecular formula is C16H26FN3O. The molecule has 21 heavy (non-hydrogen) atoms. The van der Waals surface area contributed by atoms with E-state index in [0.29, 0.717) is 5.56 Å². The molecular weight excluding hydrogens is 269 g/mol. The van der Waals surface area contributed by atoms with Crippen molar-refractivity contribution in [3.63, 3.8) is 0 Å². The molecule has 1 amide bonds. The average Bonchev–Trinajstić information content (AvgIpc) is 2.46. The fourth-order valence-electron chi connectivity index (χ4n) is 2.21. The quantitative estimate of drug-likeness (QED) is 0.725. The molecule has 0 saturated heterocycles. The number of amides is 1. The first-order chi connectivity index (χ1) is 9.97. The lowest BCUT2D eigenvalue weighted by Gasteiger charge is -2.19. The Morgan fingerprint density at radius 2 is 2.05 bits per heavy atom. The lowest BCUT2D eigenvalue weighted by molar-refractivity contribution is 0.0937. The second kappa shape index (κ2) is 8.62. The molecule has 1 rings (SSSR count). The maximum absolute atomic E-state index is 13.3. The second-order valence-electron chi connectivity index (χ2n) is 5.28. The van der Waals surface area contributed by atoms with Crippen molar-refractivity contribution in [2.45, 2.75) is 39.7 Å². The van der Waals surface area contributed by atoms with Gasteiger partial charge in [-0.25, -0.2) is 4.39 Å². The lowest BCUT2D eigenvalue weighted by atomic mass is 10.1. The molecule has 0 radical (unpaired) electrons. The Morgan fingerprint density at radius 3 is 2.62 bits per heavy atom. The van der Waals surface area contributed by atoms with Gasteiger partial charge in [0.2, 0.25) is 0 Å². The summed E-state index contributed by atoms with van der Waals surface area (Å²) in [5, 5.41) is 2.89. The number of nitrogens with zero attached hydrogens (tertiary/aromatic N) is 1. The zero-order valence-corrected chi connectivity index (χ0v) is 13.2. The normalized spacial score (nSPS) is 12.4. The number of nitrogen functional groups attached to an aromatic ring is 1. The standard InChI is InChI=1S/C16H26FN3O/c1-4-20(5-2)10-6-7-12(3)19-16(21)13-8-9-15(18)14(17)11-13/h8-9,11-12H,4-7,10,18H2,1-3H3,(H,19,21). The van der Waals surface area contributed by atoms with Crippen LogP contribution in [-0.2, 0) is 0 Å². The van der Waals surface area contributed by atoms with Crippen LogP contribution in [0.5, 0.6) is 0 Å². The summed E-state index contributed by atoms with van der Waals surface area (Å²) in [6, 6.07) is 4.19. The van der Waals surface area contributed by atoms with Crippen molar-refractivity contribution < 1.29 is 9.18 Å². The van der Waals surface area contributed by atoms with Crippen molar-refractivity contribution in [3.8, 4) is 0 Å². The number of halogens is 1. The highest BCUT2D eigenvalue weighted by Crippen LogP contribution is 2.12. The van der Waals surface area contributed by atoms with E-state index in [0.717, 1.165) is 32.5 Å². The Kier molecular flexibility index (Phi) is 7.15. The van der Waals surface area contributed by atoms with Crippen LogP contribution in [0.4, 0.5) is 10.1 Å². The molecule has 1 aromatic carbocycles. The highest BCUT2D eigenvalue weighted by Gasteiger charge is 2.11. The molecule has 3 N–H and O–H groups in total. The number of anilines is 1. The van der Waals surface area contributed by atoms with Gasteiger partial charge < -0.3 is 16.0 Å². The van der Waals surface area contributed by atoms with Crippen LogP contribution in [0.25, 0.3) is 0 Å². The third-order valence-electron chi connectivity index (χ3n) is 3.65. The maximum atomic E-state index is 13.3. The largest absolute Gasteiger partial charge is 0.396 e. The monoisotopic (exact) mass is 295 g/mol. The van der Waals surface area contributed by atoms with Crippen LogP contribution < -0.4 is 11.1 Å². The van der Waals surface area contributed by atoms with Gasteiger partial charge in [-0.3, -0.25) is 4.79 Å². The van der Waals surface area contributed by atoms with Gasteiger partial charge in [0.15, 0.2) is 0 Å². The van der Waals surface area contributed by atoms with Gasteiger partial charge in [-0.05, 0) is 57.6 Å². The third-order valence-corrected chi connectivity index (χ3v) is 3.65. The minimum absolute atomic E-state index is 0.0545. The number of carbonyl (C=O) groups is 1. The van der Waals surface area contributed by atoms with Crippen LogP contribution in [0.2, 0.25) is 0 Å². The molecule has 4 nitrogen and oxygen atoms in total. The highest BCUT2D eigenvalue weighted by molar-refractivity contribution is 5.94. The van der Waals surface area contributed by atoms with Gasteiger partial charge in [0.25, 0.3) is 5.91 Å². The highest BCUT2D eigenvalue weighted by atomic mass is 19.1. The number of hydrogen-bond donors (Lipinski definition) is 2. The maximum Gasteiger partial charge on any atom is 0.251 e. The Hall–Kier alpha value is -1.62. The van der Waals surface area contributed by atoms with Crippen LogP contribution in [0, 0.1) is 5.82 Å². The molecule has 118 valence electrons. The van der Waals surface area contributed by atoms with Crippen molar-refractivity contribution >= 4 is 11.6 Å². The first-order valence-corrected chi connectivity index (χ1v) is 7.56. The smallest absolute Gasteiger partial charge is 0.251 e. The minimum atomic E-state index is -0.558. The summed E-state index contributed by atoms with van der Waals surface area (Å²) in [6.07, 6.45) is 1.93. The molecule has 0 bridgehead atoms. The molecule has 0 spiro atoms. The van der Waals surface area contributed by atoms with Crippen molar-refractivity contribution in [2.75, 3.05) is 25.4 Å². The van der Waals surface area contributed by atoms with Crippen LogP contribution >= 0.6 is 0 Å². The average molecular weight is 295 g/mol. The van der Waals surface area contributed by atoms with Gasteiger partial charge in [-0.15, -0.1) is 0 Å². The zero-order valence-electron chi connectivity index (χ0n) is 13.2. The first-order valence-electron chi connectivity index (χ1n) is 7.56. The van der Waals surface area contributed by atoms with Gasteiger partial charge in [-0.2, -0.15) is 0 Å². The Balaban J connectivity index is 2.41. The molecule has 0 aliphatic heterocycles. The number of nitrogens with two attached hydrogens (primary N) is 1. The van der Waals surface area contributed by atoms with Gasteiger partial charge in [0.1, 0.15) is 5.82 Å². The topological polar surface area (TPSA) is 58.4 Å². The lowest BCUT2D eigenvalue weighted by Crippen LogP contribution is -2.33. The van der Waals surface area contributed by atoms with Crippen LogP contribution in [0.3, 0.4) is 0 Å². The van der Waals surface area contributed by atoms with Crippen LogP contribution in [0.15, 0.2) is 18.2 Å². The molecule has 0 aliphatic carbocycles. The summed E-state index contributed by atoms with van der Waals surface area (Å²) in [6.45, 7) is 9.37. The van der Waals surface area contributed by atoms with Crippen molar-refractivity contribution in [3.05, 3.63) is 29.6 Å². The van der Waals surface area contributed by atoms with Crippen LogP contribution in [0.1, 0.15) is 44.0 Å². The SMILES string of the molecule is CCN(CC)CCCC(C)NC(=O)c1ccc(N)c(F)c1. The van der Waals surface area contributed by atoms with Gasteiger partial charge in [0, 0.05) is 11.6 Å². The van der Waals surface area contributed by atoms with E-state index in [9.17, 15) is 9.18 Å². The summed E-state index contributed by atoms with van der Waals surface area (Å²) < 4.78 is 13.3. The molecule has 0 aliphatic rings. The Bertz CT molecular complexity index is 461. The third kappa shape index (κ3) is 5.71. The second-order valence-corrected chi connectivity index (χ2v) is 5.28. The summed E-state index contributed by atoms with van der Waals surface area (Å²) in [4.78, 5) is 14.4. The minimum Gasteiger partial charge on any atom is -0.396 e. The van der Waals surface area contributed by atoms with E-state index in [1.165, 1.54) is 18.2 Å². The number of benzene rings is 1. The van der Waals surface area contributed by atoms with Gasteiger partial charge in [-0.1, -0.05) is 13.8 Å².